The number of hydrogen-bond donors (Lipinski definition) is 2. The van der Waals surface area contributed by atoms with Gasteiger partial charge >= 0.3 is 0 Å². The summed E-state index contributed by atoms with van der Waals surface area (Å²) < 4.78 is 22.0. The van der Waals surface area contributed by atoms with E-state index in [4.69, 9.17) is 9.72 Å². The van der Waals surface area contributed by atoms with Gasteiger partial charge in [0.05, 0.1) is 36.1 Å². The van der Waals surface area contributed by atoms with Gasteiger partial charge in [-0.2, -0.15) is 3.97 Å². The number of carbonyl (C=O) groups excluding carboxylic acids is 1. The Morgan fingerprint density at radius 1 is 1.12 bits per heavy atom. The third-order valence-electron chi connectivity index (χ3n) is 6.39. The highest BCUT2D eigenvalue weighted by Gasteiger charge is 2.22. The number of fused-ring (bicyclic) bond motifs is 1. The molecule has 1 unspecified atom stereocenters. The second kappa shape index (κ2) is 13.0. The van der Waals surface area contributed by atoms with E-state index >= 15 is 0 Å². The molecule has 11 nitrogen and oxygen atoms in total. The third-order valence-corrected chi connectivity index (χ3v) is 7.65. The van der Waals surface area contributed by atoms with E-state index < -0.39 is 11.5 Å². The Morgan fingerprint density at radius 2 is 1.88 bits per heavy atom. The van der Waals surface area contributed by atoms with E-state index in [-0.39, 0.29) is 5.91 Å². The molecule has 0 bridgehead atoms. The lowest BCUT2D eigenvalue weighted by molar-refractivity contribution is -0.111. The van der Waals surface area contributed by atoms with Gasteiger partial charge in [0, 0.05) is 57.4 Å². The average molecular weight is 577 g/mol. The number of para-hydroxylation sites is 1. The summed E-state index contributed by atoms with van der Waals surface area (Å²) in [4.78, 5) is 25.6. The number of rotatable bonds is 12. The molecule has 1 amide bonds. The van der Waals surface area contributed by atoms with Crippen LogP contribution in [0.4, 0.5) is 23.0 Å². The van der Waals surface area contributed by atoms with Gasteiger partial charge in [0.2, 0.25) is 11.9 Å². The maximum atomic E-state index is 13.0. The number of amides is 1. The van der Waals surface area contributed by atoms with E-state index in [2.05, 4.69) is 32.0 Å². The minimum Gasteiger partial charge on any atom is -0.573 e. The molecular weight excluding hydrogens is 540 g/mol. The van der Waals surface area contributed by atoms with Crippen LogP contribution in [0, 0.1) is 0 Å². The molecule has 12 heteroatoms. The van der Waals surface area contributed by atoms with Crippen LogP contribution in [0.3, 0.4) is 0 Å². The van der Waals surface area contributed by atoms with Gasteiger partial charge in [-0.15, -0.1) is 4.31 Å². The second-order valence-corrected chi connectivity index (χ2v) is 11.4. The van der Waals surface area contributed by atoms with Gasteiger partial charge in [0.15, 0.2) is 11.5 Å². The summed E-state index contributed by atoms with van der Waals surface area (Å²) in [6.45, 7) is 5.14. The highest BCUT2D eigenvalue weighted by molar-refractivity contribution is 7.87. The lowest BCUT2D eigenvalue weighted by Gasteiger charge is -2.26. The maximum absolute atomic E-state index is 13.0. The molecule has 41 heavy (non-hydrogen) atoms. The first-order valence-corrected chi connectivity index (χ1v) is 14.0. The Balaban J connectivity index is 1.73. The number of aromatic nitrogens is 3. The van der Waals surface area contributed by atoms with Crippen LogP contribution in [0.15, 0.2) is 67.5 Å². The van der Waals surface area contributed by atoms with Crippen LogP contribution in [-0.2, 0) is 16.3 Å². The van der Waals surface area contributed by atoms with Crippen LogP contribution in [0.5, 0.6) is 5.75 Å². The van der Waals surface area contributed by atoms with Crippen molar-refractivity contribution >= 4 is 51.4 Å². The summed E-state index contributed by atoms with van der Waals surface area (Å²) in [5.74, 6) is 0.564. The third kappa shape index (κ3) is 6.80. The second-order valence-electron chi connectivity index (χ2n) is 9.81. The van der Waals surface area contributed by atoms with Gasteiger partial charge in [-0.25, -0.2) is 9.97 Å². The summed E-state index contributed by atoms with van der Waals surface area (Å²) in [6.07, 6.45) is 4.73. The molecule has 216 valence electrons. The molecule has 0 saturated heterocycles. The molecule has 0 aliphatic heterocycles. The van der Waals surface area contributed by atoms with Gasteiger partial charge in [0.25, 0.3) is 0 Å². The standard InChI is InChI=1S/C29H36N8O3S/c1-8-28(38)31-23-17-24(27(40-7)18-26(23)36(6)16-15-34(2)3)33-29-30-14-13-22(32-29)21-19-37(41(39)35(4)5)25-12-10-9-11-20(21)25/h8-14,17-19H,1,15-16H2,2-7H3,(H,31,38)(H,30,32,33). The Morgan fingerprint density at radius 3 is 2.56 bits per heavy atom. The van der Waals surface area contributed by atoms with E-state index in [0.717, 1.165) is 35.2 Å². The van der Waals surface area contributed by atoms with Crippen LogP contribution in [0.2, 0.25) is 0 Å². The van der Waals surface area contributed by atoms with Crippen LogP contribution in [-0.4, -0.2) is 89.0 Å². The first-order chi connectivity index (χ1) is 19.6. The molecule has 2 aromatic carbocycles. The molecule has 0 saturated carbocycles. The van der Waals surface area contributed by atoms with E-state index in [9.17, 15) is 9.35 Å². The van der Waals surface area contributed by atoms with Gasteiger partial charge in [0.1, 0.15) is 11.3 Å². The molecule has 0 aliphatic rings. The molecule has 0 radical (unpaired) electrons. The van der Waals surface area contributed by atoms with E-state index in [1.54, 1.807) is 41.7 Å². The number of ether oxygens (including phenoxy) is 1. The number of anilines is 4. The molecule has 2 N–H and O–H groups in total. The first kappa shape index (κ1) is 29.9. The molecule has 0 fully saturated rings. The van der Waals surface area contributed by atoms with Crippen molar-refractivity contribution in [2.75, 3.05) is 71.0 Å². The Kier molecular flexibility index (Phi) is 9.50. The molecule has 2 aromatic heterocycles. The quantitative estimate of drug-likeness (QED) is 0.191. The van der Waals surface area contributed by atoms with E-state index in [1.807, 2.05) is 63.7 Å². The smallest absolute Gasteiger partial charge is 0.247 e. The van der Waals surface area contributed by atoms with Crippen molar-refractivity contribution in [1.82, 2.24) is 23.1 Å². The Labute approximate surface area is 243 Å². The summed E-state index contributed by atoms with van der Waals surface area (Å²) in [5.41, 5.74) is 4.27. The minimum absolute atomic E-state index is 0.326. The van der Waals surface area contributed by atoms with Crippen LogP contribution in [0.25, 0.3) is 22.2 Å². The summed E-state index contributed by atoms with van der Waals surface area (Å²) in [6, 6.07) is 13.2. The number of nitrogens with one attached hydrogen (secondary N) is 2. The van der Waals surface area contributed by atoms with Gasteiger partial charge in [-0.05, 0) is 38.4 Å². The number of likely N-dealkylation sites (N-methyl/N-ethyl adjacent to an activating group) is 2. The lowest BCUT2D eigenvalue weighted by atomic mass is 10.1. The molecule has 2 heterocycles. The number of nitrogens with zero attached hydrogens (tertiary/aromatic N) is 6. The Bertz CT molecular complexity index is 1540. The summed E-state index contributed by atoms with van der Waals surface area (Å²) >= 11 is -1.40. The number of benzene rings is 2. The van der Waals surface area contributed by atoms with Gasteiger partial charge in [-0.3, -0.25) is 4.79 Å². The van der Waals surface area contributed by atoms with Crippen molar-refractivity contribution in [2.24, 2.45) is 0 Å². The van der Waals surface area contributed by atoms with Crippen molar-refractivity contribution < 1.29 is 14.1 Å². The van der Waals surface area contributed by atoms with Crippen molar-refractivity contribution in [3.8, 4) is 17.0 Å². The highest BCUT2D eigenvalue weighted by Crippen LogP contribution is 2.38. The van der Waals surface area contributed by atoms with E-state index in [1.165, 1.54) is 6.08 Å². The lowest BCUT2D eigenvalue weighted by Crippen LogP contribution is -2.29. The molecule has 4 rings (SSSR count). The fourth-order valence-corrected chi connectivity index (χ4v) is 5.13. The topological polar surface area (TPSA) is 114 Å². The van der Waals surface area contributed by atoms with E-state index in [0.29, 0.717) is 28.8 Å². The first-order valence-electron chi connectivity index (χ1n) is 12.9. The van der Waals surface area contributed by atoms with Crippen LogP contribution in [0.1, 0.15) is 0 Å². The molecule has 1 atom stereocenters. The normalized spacial score (nSPS) is 12.0. The fraction of sp³-hybridized carbons (Fsp3) is 0.276. The zero-order chi connectivity index (χ0) is 29.7. The SMILES string of the molecule is C=CC(=O)Nc1cc(Nc2nccc(-c3cn([S+]([O-])N(C)C)c4ccccc34)n2)c(OC)cc1N(C)CCN(C)C. The minimum atomic E-state index is -1.40. The van der Waals surface area contributed by atoms with Crippen molar-refractivity contribution in [3.05, 3.63) is 67.5 Å². The van der Waals surface area contributed by atoms with Gasteiger partial charge in [-0.1, -0.05) is 24.8 Å². The van der Waals surface area contributed by atoms with Crippen molar-refractivity contribution in [1.29, 1.82) is 0 Å². The van der Waals surface area contributed by atoms with Crippen LogP contribution >= 0.6 is 0 Å². The molecular formula is C29H36N8O3S. The zero-order valence-corrected chi connectivity index (χ0v) is 25.0. The summed E-state index contributed by atoms with van der Waals surface area (Å²) in [7, 11) is 11.1. The van der Waals surface area contributed by atoms with Crippen LogP contribution < -0.4 is 20.3 Å². The molecule has 4 aromatic rings. The number of carbonyl (C=O) groups is 1. The van der Waals surface area contributed by atoms with Gasteiger partial charge < -0.3 is 29.7 Å². The average Bonchev–Trinajstić information content (AvgIpc) is 3.35. The fourth-order valence-electron chi connectivity index (χ4n) is 4.25. The van der Waals surface area contributed by atoms with Crippen molar-refractivity contribution in [2.45, 2.75) is 0 Å². The predicted octanol–water partition coefficient (Wildman–Crippen LogP) is 3.96. The highest BCUT2D eigenvalue weighted by atomic mass is 32.2. The van der Waals surface area contributed by atoms with Crippen molar-refractivity contribution in [3.63, 3.8) is 0 Å². The Hall–Kier alpha value is -4.10. The summed E-state index contributed by atoms with van der Waals surface area (Å²) in [5, 5.41) is 7.07. The molecule has 0 aliphatic carbocycles. The largest absolute Gasteiger partial charge is 0.573 e. The number of methoxy groups -OCH3 is 1. The number of hydrogen-bond acceptors (Lipinski definition) is 9. The monoisotopic (exact) mass is 576 g/mol. The molecule has 0 spiro atoms. The predicted molar refractivity (Wildman–Crippen MR) is 167 cm³/mol. The zero-order valence-electron chi connectivity index (χ0n) is 24.2. The maximum Gasteiger partial charge on any atom is 0.247 e.